The maximum Gasteiger partial charge on any atom is 0.215 e. The first-order chi connectivity index (χ1) is 11.2. The summed E-state index contributed by atoms with van der Waals surface area (Å²) in [6, 6.07) is 8.49. The molecule has 0 saturated carbocycles. The summed E-state index contributed by atoms with van der Waals surface area (Å²) in [5.41, 5.74) is 4.88. The molecule has 1 aliphatic heterocycles. The molecule has 0 radical (unpaired) electrons. The number of hydrogen-bond donors (Lipinski definition) is 1. The van der Waals surface area contributed by atoms with Gasteiger partial charge in [0.2, 0.25) is 5.78 Å². The zero-order valence-corrected chi connectivity index (χ0v) is 13.8. The van der Waals surface area contributed by atoms with E-state index in [1.807, 2.05) is 12.1 Å². The lowest BCUT2D eigenvalue weighted by Gasteiger charge is -2.18. The lowest BCUT2D eigenvalue weighted by molar-refractivity contribution is 0.415. The van der Waals surface area contributed by atoms with Crippen LogP contribution in [-0.2, 0) is 13.0 Å². The van der Waals surface area contributed by atoms with E-state index in [4.69, 9.17) is 9.72 Å². The maximum atomic E-state index is 5.24. The molecule has 3 heterocycles. The van der Waals surface area contributed by atoms with Gasteiger partial charge in [-0.25, -0.2) is 4.98 Å². The van der Waals surface area contributed by atoms with Crippen LogP contribution in [0.15, 0.2) is 30.5 Å². The molecule has 0 aliphatic carbocycles. The van der Waals surface area contributed by atoms with E-state index in [0.29, 0.717) is 6.04 Å². The van der Waals surface area contributed by atoms with Gasteiger partial charge in [-0.1, -0.05) is 0 Å². The smallest absolute Gasteiger partial charge is 0.215 e. The molecule has 0 unspecified atom stereocenters. The second-order valence-corrected chi connectivity index (χ2v) is 6.31. The molecule has 0 saturated heterocycles. The number of hydrogen-bond acceptors (Lipinski definition) is 3. The Bertz CT molecular complexity index is 842. The average molecular weight is 310 g/mol. The quantitative estimate of drug-likeness (QED) is 0.808. The molecule has 0 bridgehead atoms. The number of methoxy groups -OCH3 is 1. The Hall–Kier alpha value is -2.27. The minimum absolute atomic E-state index is 0.408. The van der Waals surface area contributed by atoms with Gasteiger partial charge in [-0.2, -0.15) is 0 Å². The maximum absolute atomic E-state index is 5.24. The van der Waals surface area contributed by atoms with Crippen LogP contribution in [-0.4, -0.2) is 27.6 Å². The standard InChI is InChI=1S/C18H22N4O/c1-12(2)22-16-8-9-19-10-17(16)21-11-15(20-18(21)22)13-4-6-14(23-3)7-5-13/h4-7,11-12,19H,8-10H2,1-3H3. The second kappa shape index (κ2) is 5.42. The van der Waals surface area contributed by atoms with Crippen molar-refractivity contribution in [3.8, 4) is 17.0 Å². The molecule has 1 aromatic carbocycles. The van der Waals surface area contributed by atoms with E-state index in [1.54, 1.807) is 7.11 Å². The summed E-state index contributed by atoms with van der Waals surface area (Å²) in [4.78, 5) is 4.92. The molecule has 23 heavy (non-hydrogen) atoms. The van der Waals surface area contributed by atoms with Gasteiger partial charge in [0.15, 0.2) is 0 Å². The van der Waals surface area contributed by atoms with Gasteiger partial charge in [0, 0.05) is 43.0 Å². The Morgan fingerprint density at radius 1 is 1.17 bits per heavy atom. The van der Waals surface area contributed by atoms with Crippen molar-refractivity contribution < 1.29 is 4.74 Å². The number of benzene rings is 1. The summed E-state index contributed by atoms with van der Waals surface area (Å²) in [6.07, 6.45) is 3.22. The molecule has 120 valence electrons. The molecule has 0 atom stereocenters. The minimum atomic E-state index is 0.408. The largest absolute Gasteiger partial charge is 0.497 e. The van der Waals surface area contributed by atoms with Crippen molar-refractivity contribution in [2.45, 2.75) is 32.9 Å². The van der Waals surface area contributed by atoms with Gasteiger partial charge < -0.3 is 14.6 Å². The summed E-state index contributed by atoms with van der Waals surface area (Å²) in [7, 11) is 1.69. The normalized spacial score (nSPS) is 14.4. The number of rotatable bonds is 3. The first-order valence-electron chi connectivity index (χ1n) is 8.15. The molecule has 1 N–H and O–H groups in total. The minimum Gasteiger partial charge on any atom is -0.497 e. The number of nitrogens with zero attached hydrogens (tertiary/aromatic N) is 3. The summed E-state index contributed by atoms with van der Waals surface area (Å²) in [6.45, 7) is 6.40. The molecule has 0 fully saturated rings. The Morgan fingerprint density at radius 3 is 2.65 bits per heavy atom. The highest BCUT2D eigenvalue weighted by Crippen LogP contribution is 2.28. The zero-order valence-electron chi connectivity index (χ0n) is 13.8. The fraction of sp³-hybridized carbons (Fsp3) is 0.389. The van der Waals surface area contributed by atoms with Crippen molar-refractivity contribution in [2.75, 3.05) is 13.7 Å². The predicted molar refractivity (Wildman–Crippen MR) is 91.0 cm³/mol. The number of imidazole rings is 2. The third-order valence-corrected chi connectivity index (χ3v) is 4.55. The van der Waals surface area contributed by atoms with E-state index in [-0.39, 0.29) is 0 Å². The van der Waals surface area contributed by atoms with Crippen LogP contribution >= 0.6 is 0 Å². The lowest BCUT2D eigenvalue weighted by Crippen LogP contribution is -2.25. The first-order valence-corrected chi connectivity index (χ1v) is 8.15. The molecule has 0 amide bonds. The Labute approximate surface area is 135 Å². The van der Waals surface area contributed by atoms with Gasteiger partial charge in [-0.15, -0.1) is 0 Å². The predicted octanol–water partition coefficient (Wildman–Crippen LogP) is 3.04. The monoisotopic (exact) mass is 310 g/mol. The molecule has 5 heteroatoms. The number of fused-ring (bicyclic) bond motifs is 3. The van der Waals surface area contributed by atoms with Crippen LogP contribution in [0.3, 0.4) is 0 Å². The average Bonchev–Trinajstić information content (AvgIpc) is 3.11. The number of nitrogens with one attached hydrogen (secondary N) is 1. The van der Waals surface area contributed by atoms with Crippen molar-refractivity contribution in [2.24, 2.45) is 0 Å². The van der Waals surface area contributed by atoms with Crippen LogP contribution in [0.2, 0.25) is 0 Å². The summed E-state index contributed by atoms with van der Waals surface area (Å²) < 4.78 is 9.87. The van der Waals surface area contributed by atoms with Gasteiger partial charge in [0.1, 0.15) is 5.75 Å². The van der Waals surface area contributed by atoms with Crippen molar-refractivity contribution in [3.63, 3.8) is 0 Å². The van der Waals surface area contributed by atoms with E-state index in [1.165, 1.54) is 11.4 Å². The van der Waals surface area contributed by atoms with Gasteiger partial charge in [0.25, 0.3) is 0 Å². The van der Waals surface area contributed by atoms with Crippen molar-refractivity contribution in [1.82, 2.24) is 19.3 Å². The summed E-state index contributed by atoms with van der Waals surface area (Å²) >= 11 is 0. The third-order valence-electron chi connectivity index (χ3n) is 4.55. The summed E-state index contributed by atoms with van der Waals surface area (Å²) in [5.74, 6) is 1.91. The third kappa shape index (κ3) is 2.23. The second-order valence-electron chi connectivity index (χ2n) is 6.31. The number of ether oxygens (including phenoxy) is 1. The highest BCUT2D eigenvalue weighted by atomic mass is 16.5. The molecule has 2 aromatic heterocycles. The van der Waals surface area contributed by atoms with Gasteiger partial charge >= 0.3 is 0 Å². The first kappa shape index (κ1) is 14.3. The molecule has 4 rings (SSSR count). The van der Waals surface area contributed by atoms with Crippen LogP contribution in [0.1, 0.15) is 31.3 Å². The zero-order chi connectivity index (χ0) is 16.0. The van der Waals surface area contributed by atoms with Crippen LogP contribution in [0, 0.1) is 0 Å². The molecule has 5 nitrogen and oxygen atoms in total. The van der Waals surface area contributed by atoms with E-state index in [0.717, 1.165) is 42.3 Å². The summed E-state index contributed by atoms with van der Waals surface area (Å²) in [5, 5.41) is 3.47. The fourth-order valence-corrected chi connectivity index (χ4v) is 3.45. The fourth-order valence-electron chi connectivity index (χ4n) is 3.45. The highest BCUT2D eigenvalue weighted by molar-refractivity contribution is 5.63. The Balaban J connectivity index is 1.87. The van der Waals surface area contributed by atoms with Gasteiger partial charge in [-0.05, 0) is 38.1 Å². The topological polar surface area (TPSA) is 43.5 Å². The van der Waals surface area contributed by atoms with Crippen LogP contribution in [0.4, 0.5) is 0 Å². The van der Waals surface area contributed by atoms with E-state index in [2.05, 4.69) is 46.5 Å². The van der Waals surface area contributed by atoms with E-state index in [9.17, 15) is 0 Å². The SMILES string of the molecule is COc1ccc(-c2cn3c4c(n(C(C)C)c3n2)CCNC4)cc1. The van der Waals surface area contributed by atoms with Crippen molar-refractivity contribution in [3.05, 3.63) is 41.9 Å². The lowest BCUT2D eigenvalue weighted by atomic mass is 10.1. The van der Waals surface area contributed by atoms with E-state index < -0.39 is 0 Å². The Kier molecular flexibility index (Phi) is 3.38. The van der Waals surface area contributed by atoms with Crippen LogP contribution in [0.25, 0.3) is 17.0 Å². The molecule has 0 spiro atoms. The van der Waals surface area contributed by atoms with Gasteiger partial charge in [-0.3, -0.25) is 4.40 Å². The molecule has 1 aliphatic rings. The van der Waals surface area contributed by atoms with Crippen molar-refractivity contribution >= 4 is 5.78 Å². The van der Waals surface area contributed by atoms with Gasteiger partial charge in [0.05, 0.1) is 18.5 Å². The molecular weight excluding hydrogens is 288 g/mol. The van der Waals surface area contributed by atoms with E-state index >= 15 is 0 Å². The van der Waals surface area contributed by atoms with Crippen LogP contribution in [0.5, 0.6) is 5.75 Å². The number of aromatic nitrogens is 3. The molecular formula is C18H22N4O. The van der Waals surface area contributed by atoms with Crippen LogP contribution < -0.4 is 10.1 Å². The highest BCUT2D eigenvalue weighted by Gasteiger charge is 2.23. The molecule has 3 aromatic rings. The Morgan fingerprint density at radius 2 is 1.96 bits per heavy atom. The van der Waals surface area contributed by atoms with Crippen molar-refractivity contribution in [1.29, 1.82) is 0 Å².